The van der Waals surface area contributed by atoms with E-state index in [9.17, 15) is 8.42 Å². The molecular weight excluding hydrogens is 284 g/mol. The van der Waals surface area contributed by atoms with E-state index in [1.165, 1.54) is 0 Å². The summed E-state index contributed by atoms with van der Waals surface area (Å²) in [6.45, 7) is 4.73. The number of nitrogens with one attached hydrogen (secondary N) is 1. The van der Waals surface area contributed by atoms with Crippen molar-refractivity contribution < 1.29 is 8.42 Å². The van der Waals surface area contributed by atoms with Crippen LogP contribution >= 0.6 is 0 Å². The third kappa shape index (κ3) is 3.00. The van der Waals surface area contributed by atoms with Gasteiger partial charge >= 0.3 is 0 Å². The highest BCUT2D eigenvalue weighted by Crippen LogP contribution is 2.36. The topological polar surface area (TPSA) is 49.4 Å². The van der Waals surface area contributed by atoms with Gasteiger partial charge in [0.2, 0.25) is 10.0 Å². The summed E-state index contributed by atoms with van der Waals surface area (Å²) in [5.41, 5.74) is 1.09. The predicted octanol–water partition coefficient (Wildman–Crippen LogP) is 1.49. The summed E-state index contributed by atoms with van der Waals surface area (Å²) in [6, 6.07) is 10.1. The van der Waals surface area contributed by atoms with Gasteiger partial charge in [-0.15, -0.1) is 0 Å². The quantitative estimate of drug-likeness (QED) is 0.896. The zero-order valence-electron chi connectivity index (χ0n) is 12.5. The van der Waals surface area contributed by atoms with E-state index in [2.05, 4.69) is 12.2 Å². The average molecular weight is 308 g/mol. The van der Waals surface area contributed by atoms with Crippen LogP contribution < -0.4 is 5.32 Å². The van der Waals surface area contributed by atoms with E-state index in [-0.39, 0.29) is 11.8 Å². The number of rotatable bonds is 5. The minimum absolute atomic E-state index is 0.186. The molecular formula is C16H24N2O2S. The largest absolute Gasteiger partial charge is 0.316 e. The smallest absolute Gasteiger partial charge is 0.214 e. The molecule has 0 bridgehead atoms. The molecule has 4 nitrogen and oxygen atoms in total. The predicted molar refractivity (Wildman–Crippen MR) is 84.6 cm³/mol. The van der Waals surface area contributed by atoms with E-state index in [4.69, 9.17) is 0 Å². The lowest BCUT2D eigenvalue weighted by Gasteiger charge is -2.26. The van der Waals surface area contributed by atoms with Crippen LogP contribution in [0.25, 0.3) is 0 Å². The minimum atomic E-state index is -3.16. The van der Waals surface area contributed by atoms with E-state index in [0.717, 1.165) is 25.1 Å². The summed E-state index contributed by atoms with van der Waals surface area (Å²) < 4.78 is 27.2. The number of fused-ring (bicyclic) bond motifs is 1. The van der Waals surface area contributed by atoms with Crippen molar-refractivity contribution >= 4 is 10.0 Å². The fourth-order valence-electron chi connectivity index (χ4n) is 3.82. The Morgan fingerprint density at radius 2 is 2.00 bits per heavy atom. The van der Waals surface area contributed by atoms with Crippen LogP contribution in [0.2, 0.25) is 0 Å². The summed E-state index contributed by atoms with van der Waals surface area (Å²) in [6.07, 6.45) is 1.51. The molecule has 21 heavy (non-hydrogen) atoms. The van der Waals surface area contributed by atoms with Gasteiger partial charge in [-0.2, -0.15) is 4.31 Å². The summed E-state index contributed by atoms with van der Waals surface area (Å²) in [7, 11) is -3.16. The van der Waals surface area contributed by atoms with Crippen molar-refractivity contribution in [3.63, 3.8) is 0 Å². The third-order valence-corrected chi connectivity index (χ3v) is 6.79. The Morgan fingerprint density at radius 3 is 2.71 bits per heavy atom. The molecule has 2 aliphatic heterocycles. The molecule has 0 radical (unpaired) electrons. The highest BCUT2D eigenvalue weighted by molar-refractivity contribution is 7.89. The molecule has 0 amide bonds. The Kier molecular flexibility index (Phi) is 4.33. The zero-order valence-corrected chi connectivity index (χ0v) is 13.3. The van der Waals surface area contributed by atoms with E-state index in [1.54, 1.807) is 4.31 Å². The average Bonchev–Trinajstić information content (AvgIpc) is 3.07. The van der Waals surface area contributed by atoms with Gasteiger partial charge in [-0.05, 0) is 43.3 Å². The van der Waals surface area contributed by atoms with Crippen LogP contribution in [0.4, 0.5) is 0 Å². The SMILES string of the molecule is CCC1C2CNCC2CN1S(=O)(=O)CCc1ccccc1. The molecule has 2 saturated heterocycles. The number of nitrogens with zero attached hydrogens (tertiary/aromatic N) is 1. The van der Waals surface area contributed by atoms with Crippen molar-refractivity contribution in [1.29, 1.82) is 0 Å². The van der Waals surface area contributed by atoms with Gasteiger partial charge in [-0.25, -0.2) is 8.42 Å². The summed E-state index contributed by atoms with van der Waals surface area (Å²) in [5, 5.41) is 3.40. The first-order valence-electron chi connectivity index (χ1n) is 7.86. The molecule has 3 atom stereocenters. The maximum absolute atomic E-state index is 12.7. The van der Waals surface area contributed by atoms with Crippen LogP contribution in [0.1, 0.15) is 18.9 Å². The van der Waals surface area contributed by atoms with Gasteiger partial charge in [-0.3, -0.25) is 0 Å². The Morgan fingerprint density at radius 1 is 1.24 bits per heavy atom. The molecule has 2 aliphatic rings. The van der Waals surface area contributed by atoms with Gasteiger partial charge < -0.3 is 5.32 Å². The van der Waals surface area contributed by atoms with Gasteiger partial charge in [0.1, 0.15) is 0 Å². The normalized spacial score (nSPS) is 29.7. The van der Waals surface area contributed by atoms with Crippen molar-refractivity contribution in [3.8, 4) is 0 Å². The van der Waals surface area contributed by atoms with Crippen LogP contribution in [-0.4, -0.2) is 44.2 Å². The highest BCUT2D eigenvalue weighted by Gasteiger charge is 2.47. The van der Waals surface area contributed by atoms with Gasteiger partial charge in [0.15, 0.2) is 0 Å². The van der Waals surface area contributed by atoms with Crippen LogP contribution in [0, 0.1) is 11.8 Å². The number of sulfonamides is 1. The molecule has 0 spiro atoms. The van der Waals surface area contributed by atoms with Gasteiger partial charge in [0.05, 0.1) is 5.75 Å². The van der Waals surface area contributed by atoms with Gasteiger partial charge in [-0.1, -0.05) is 37.3 Å². The molecule has 0 aliphatic carbocycles. The lowest BCUT2D eigenvalue weighted by Crippen LogP contribution is -2.41. The highest BCUT2D eigenvalue weighted by atomic mass is 32.2. The molecule has 2 fully saturated rings. The third-order valence-electron chi connectivity index (χ3n) is 4.94. The second-order valence-electron chi connectivity index (χ2n) is 6.18. The molecule has 5 heteroatoms. The Bertz CT molecular complexity index is 573. The van der Waals surface area contributed by atoms with Gasteiger partial charge in [0.25, 0.3) is 0 Å². The summed E-state index contributed by atoms with van der Waals surface area (Å²) in [4.78, 5) is 0. The Labute approximate surface area is 127 Å². The van der Waals surface area contributed by atoms with E-state index >= 15 is 0 Å². The number of benzene rings is 1. The summed E-state index contributed by atoms with van der Waals surface area (Å²) in [5.74, 6) is 1.23. The maximum Gasteiger partial charge on any atom is 0.214 e. The first kappa shape index (κ1) is 15.0. The van der Waals surface area contributed by atoms with Crippen molar-refractivity contribution in [1.82, 2.24) is 9.62 Å². The molecule has 3 rings (SSSR count). The number of aryl methyl sites for hydroxylation is 1. The standard InChI is InChI=1S/C16H24N2O2S/c1-2-16-15-11-17-10-14(15)12-18(16)21(19,20)9-8-13-6-4-3-5-7-13/h3-7,14-17H,2,8-12H2,1H3. The molecule has 1 aromatic rings. The summed E-state index contributed by atoms with van der Waals surface area (Å²) >= 11 is 0. The maximum atomic E-state index is 12.7. The molecule has 1 N–H and O–H groups in total. The van der Waals surface area contributed by atoms with Crippen LogP contribution in [0.3, 0.4) is 0 Å². The van der Waals surface area contributed by atoms with E-state index in [1.807, 2.05) is 30.3 Å². The van der Waals surface area contributed by atoms with Gasteiger partial charge in [0, 0.05) is 12.6 Å². The van der Waals surface area contributed by atoms with Crippen molar-refractivity contribution in [3.05, 3.63) is 35.9 Å². The van der Waals surface area contributed by atoms with E-state index < -0.39 is 10.0 Å². The number of hydrogen-bond acceptors (Lipinski definition) is 3. The van der Waals surface area contributed by atoms with Crippen LogP contribution in [0.5, 0.6) is 0 Å². The lowest BCUT2D eigenvalue weighted by molar-refractivity contribution is 0.329. The molecule has 3 unspecified atom stereocenters. The molecule has 0 saturated carbocycles. The fraction of sp³-hybridized carbons (Fsp3) is 0.625. The second kappa shape index (κ2) is 6.07. The molecule has 116 valence electrons. The van der Waals surface area contributed by atoms with Crippen LogP contribution in [0.15, 0.2) is 30.3 Å². The fourth-order valence-corrected chi connectivity index (χ4v) is 5.68. The number of hydrogen-bond donors (Lipinski definition) is 1. The molecule has 0 aromatic heterocycles. The Balaban J connectivity index is 1.70. The van der Waals surface area contributed by atoms with Crippen molar-refractivity contribution in [2.45, 2.75) is 25.8 Å². The molecule has 1 aromatic carbocycles. The minimum Gasteiger partial charge on any atom is -0.316 e. The van der Waals surface area contributed by atoms with E-state index in [0.29, 0.717) is 24.8 Å². The molecule has 2 heterocycles. The zero-order chi connectivity index (χ0) is 14.9. The first-order chi connectivity index (χ1) is 10.1. The lowest BCUT2D eigenvalue weighted by atomic mass is 9.93. The Hall–Kier alpha value is -0.910. The second-order valence-corrected chi connectivity index (χ2v) is 8.22. The first-order valence-corrected chi connectivity index (χ1v) is 9.47. The van der Waals surface area contributed by atoms with Crippen molar-refractivity contribution in [2.24, 2.45) is 11.8 Å². The van der Waals surface area contributed by atoms with Crippen molar-refractivity contribution in [2.75, 3.05) is 25.4 Å². The monoisotopic (exact) mass is 308 g/mol. The van der Waals surface area contributed by atoms with Crippen LogP contribution in [-0.2, 0) is 16.4 Å².